The van der Waals surface area contributed by atoms with Crippen LogP contribution >= 0.6 is 31.9 Å². The van der Waals surface area contributed by atoms with Crippen LogP contribution in [-0.2, 0) is 28.7 Å². The monoisotopic (exact) mass is 872 g/mol. The largest absolute Gasteiger partial charge is 0.425 e. The lowest BCUT2D eigenvalue weighted by Gasteiger charge is -2.43. The Balaban J connectivity index is 1.65. The highest BCUT2D eigenvalue weighted by molar-refractivity contribution is 9.11. The molecular weight excluding hydrogens is 828 g/mol. The van der Waals surface area contributed by atoms with E-state index in [9.17, 15) is 19.2 Å². The average molecular weight is 875 g/mol. The lowest BCUT2D eigenvalue weighted by atomic mass is 9.63. The van der Waals surface area contributed by atoms with Gasteiger partial charge in [-0.15, -0.1) is 0 Å². The van der Waals surface area contributed by atoms with Crippen molar-refractivity contribution in [1.82, 2.24) is 0 Å². The summed E-state index contributed by atoms with van der Waals surface area (Å²) in [6.07, 6.45) is 12.0. The maximum atomic E-state index is 13.9. The summed E-state index contributed by atoms with van der Waals surface area (Å²) < 4.78 is 26.2. The fourth-order valence-corrected chi connectivity index (χ4v) is 7.93. The lowest BCUT2D eigenvalue weighted by molar-refractivity contribution is -0.148. The Morgan fingerprint density at radius 3 is 1.64 bits per heavy atom. The van der Waals surface area contributed by atoms with Crippen molar-refractivity contribution in [1.29, 1.82) is 0 Å². The number of ether oxygens (including phenoxy) is 4. The summed E-state index contributed by atoms with van der Waals surface area (Å²) in [5.41, 5.74) is 5.10. The van der Waals surface area contributed by atoms with Crippen molar-refractivity contribution in [3.05, 3.63) is 102 Å². The van der Waals surface area contributed by atoms with Crippen molar-refractivity contribution in [3.63, 3.8) is 0 Å². The molecule has 10 heteroatoms. The minimum absolute atomic E-state index is 0.0945. The number of carbonyl (C=O) groups is 4. The number of fused-ring (bicyclic) bond motifs is 8. The minimum atomic E-state index is -1.31. The normalized spacial score (nSPS) is 19.9. The maximum Gasteiger partial charge on any atom is 0.314 e. The molecule has 4 aliphatic rings. The summed E-state index contributed by atoms with van der Waals surface area (Å²) in [4.78, 5) is 54.0. The fraction of sp³-hybridized carbons (Fsp3) is 0.378. The van der Waals surface area contributed by atoms with E-state index in [1.54, 1.807) is 45.9 Å². The van der Waals surface area contributed by atoms with Crippen LogP contribution in [0.2, 0.25) is 0 Å². The molecule has 0 amide bonds. The van der Waals surface area contributed by atoms with Crippen molar-refractivity contribution in [2.75, 3.05) is 0 Å². The summed E-state index contributed by atoms with van der Waals surface area (Å²) in [5, 5.41) is 0. The number of carbonyl (C=O) groups excluding carboxylic acids is 4. The molecule has 2 aromatic rings. The molecule has 2 aromatic carbocycles. The molecule has 8 nitrogen and oxygen atoms in total. The molecule has 288 valence electrons. The number of benzene rings is 2. The smallest absolute Gasteiger partial charge is 0.314 e. The van der Waals surface area contributed by atoms with E-state index in [0.29, 0.717) is 46.9 Å². The number of halogens is 2. The van der Waals surface area contributed by atoms with Crippen molar-refractivity contribution in [2.45, 2.75) is 81.1 Å². The second-order valence-electron chi connectivity index (χ2n) is 14.8. The fourth-order valence-electron chi connectivity index (χ4n) is 6.81. The van der Waals surface area contributed by atoms with Gasteiger partial charge in [0.1, 0.15) is 5.41 Å². The van der Waals surface area contributed by atoms with E-state index in [4.69, 9.17) is 18.9 Å². The molecule has 0 aromatic heterocycles. The van der Waals surface area contributed by atoms with Gasteiger partial charge in [-0.3, -0.25) is 19.2 Å². The molecule has 0 saturated carbocycles. The SMILES string of the molecule is CCC(C)C(=O)OC1=C(OC(=O)C(C)CC)C2(C(Br)=CC=C3C2=Cc2cc(Br)ccc23)C2=Cc3cc(OC(=O)C(C)CC)c(OC(=O)C(C)CC)cc3C2=C1. The Bertz CT molecular complexity index is 2180. The van der Waals surface area contributed by atoms with Gasteiger partial charge in [0.25, 0.3) is 0 Å². The molecule has 5 atom stereocenters. The Labute approximate surface area is 339 Å². The van der Waals surface area contributed by atoms with Gasteiger partial charge < -0.3 is 18.9 Å². The van der Waals surface area contributed by atoms with Gasteiger partial charge in [0, 0.05) is 8.96 Å². The molecule has 0 radical (unpaired) electrons. The topological polar surface area (TPSA) is 105 Å². The predicted molar refractivity (Wildman–Crippen MR) is 220 cm³/mol. The molecule has 0 aliphatic heterocycles. The quantitative estimate of drug-likeness (QED) is 0.153. The molecule has 55 heavy (non-hydrogen) atoms. The number of allylic oxidation sites excluding steroid dienone is 6. The summed E-state index contributed by atoms with van der Waals surface area (Å²) in [6, 6.07) is 9.47. The van der Waals surface area contributed by atoms with Gasteiger partial charge >= 0.3 is 23.9 Å². The van der Waals surface area contributed by atoms with E-state index in [1.807, 2.05) is 64.1 Å². The van der Waals surface area contributed by atoms with Crippen molar-refractivity contribution in [3.8, 4) is 11.5 Å². The van der Waals surface area contributed by atoms with Crippen LogP contribution in [0.5, 0.6) is 11.5 Å². The van der Waals surface area contributed by atoms with Crippen LogP contribution in [0.1, 0.15) is 103 Å². The van der Waals surface area contributed by atoms with Crippen LogP contribution < -0.4 is 9.47 Å². The Morgan fingerprint density at radius 1 is 0.582 bits per heavy atom. The minimum Gasteiger partial charge on any atom is -0.425 e. The summed E-state index contributed by atoms with van der Waals surface area (Å²) >= 11 is 7.57. The number of rotatable bonds is 12. The first-order valence-corrected chi connectivity index (χ1v) is 20.6. The first-order valence-electron chi connectivity index (χ1n) is 19.0. The highest BCUT2D eigenvalue weighted by Crippen LogP contribution is 2.67. The third kappa shape index (κ3) is 7.16. The van der Waals surface area contributed by atoms with E-state index in [-0.39, 0.29) is 23.0 Å². The van der Waals surface area contributed by atoms with E-state index < -0.39 is 53.0 Å². The molecule has 0 bridgehead atoms. The summed E-state index contributed by atoms with van der Waals surface area (Å²) in [7, 11) is 0. The molecule has 0 N–H and O–H groups in total. The van der Waals surface area contributed by atoms with E-state index in [1.165, 1.54) is 0 Å². The van der Waals surface area contributed by atoms with Gasteiger partial charge in [-0.05, 0) is 119 Å². The van der Waals surface area contributed by atoms with Crippen LogP contribution in [-0.4, -0.2) is 23.9 Å². The van der Waals surface area contributed by atoms with Crippen molar-refractivity contribution >= 4 is 79.0 Å². The second kappa shape index (κ2) is 16.1. The molecule has 6 rings (SSSR count). The van der Waals surface area contributed by atoms with Gasteiger partial charge in [-0.2, -0.15) is 0 Å². The van der Waals surface area contributed by atoms with Gasteiger partial charge in [0.15, 0.2) is 23.0 Å². The highest BCUT2D eigenvalue weighted by atomic mass is 79.9. The zero-order valence-corrected chi connectivity index (χ0v) is 35.6. The standard InChI is InChI=1S/C45H46Br2O8/c1-9-23(5)41(48)52-36-20-28-19-35-33(32(28)21-37(36)53-42(49)24(6)10-2)22-38(54-43(50)25(7)11-3)40(55-44(51)26(8)12-4)45(35)34-18-27-17-29(46)13-14-30(27)31(34)15-16-39(45)47/h13-26H,9-12H2,1-8H3. The Morgan fingerprint density at radius 2 is 1.07 bits per heavy atom. The third-order valence-corrected chi connectivity index (χ3v) is 12.5. The van der Waals surface area contributed by atoms with Crippen LogP contribution in [0, 0.1) is 29.1 Å². The molecular formula is C45H46Br2O8. The summed E-state index contributed by atoms with van der Waals surface area (Å²) in [6.45, 7) is 14.8. The average Bonchev–Trinajstić information content (AvgIpc) is 3.72. The molecule has 4 aliphatic carbocycles. The van der Waals surface area contributed by atoms with Crippen molar-refractivity contribution in [2.24, 2.45) is 29.1 Å². The zero-order valence-electron chi connectivity index (χ0n) is 32.4. The molecule has 0 saturated heterocycles. The van der Waals surface area contributed by atoms with E-state index in [2.05, 4.69) is 37.9 Å². The van der Waals surface area contributed by atoms with Crippen LogP contribution in [0.15, 0.2) is 80.2 Å². The van der Waals surface area contributed by atoms with E-state index in [0.717, 1.165) is 32.3 Å². The lowest BCUT2D eigenvalue weighted by Crippen LogP contribution is -2.37. The van der Waals surface area contributed by atoms with Gasteiger partial charge in [0.2, 0.25) is 0 Å². The number of hydrogen-bond acceptors (Lipinski definition) is 8. The van der Waals surface area contributed by atoms with Crippen LogP contribution in [0.3, 0.4) is 0 Å². The maximum absolute atomic E-state index is 13.9. The first kappa shape index (κ1) is 40.4. The van der Waals surface area contributed by atoms with Gasteiger partial charge in [-0.1, -0.05) is 99.4 Å². The predicted octanol–water partition coefficient (Wildman–Crippen LogP) is 11.3. The molecule has 0 fully saturated rings. The Hall–Kier alpha value is -4.28. The third-order valence-electron chi connectivity index (χ3n) is 11.2. The second-order valence-corrected chi connectivity index (χ2v) is 16.5. The number of hydrogen-bond donors (Lipinski definition) is 0. The Kier molecular flexibility index (Phi) is 11.8. The first-order chi connectivity index (χ1) is 26.2. The molecule has 1 spiro atoms. The number of esters is 4. The van der Waals surface area contributed by atoms with E-state index >= 15 is 0 Å². The highest BCUT2D eigenvalue weighted by Gasteiger charge is 2.56. The van der Waals surface area contributed by atoms with Gasteiger partial charge in [-0.25, -0.2) is 0 Å². The van der Waals surface area contributed by atoms with Crippen LogP contribution in [0.4, 0.5) is 0 Å². The summed E-state index contributed by atoms with van der Waals surface area (Å²) in [5.74, 6) is -3.06. The van der Waals surface area contributed by atoms with Crippen LogP contribution in [0.25, 0.3) is 23.3 Å². The van der Waals surface area contributed by atoms with Crippen molar-refractivity contribution < 1.29 is 38.1 Å². The zero-order chi connectivity index (χ0) is 39.9. The van der Waals surface area contributed by atoms with Gasteiger partial charge in [0.05, 0.1) is 23.7 Å². The molecule has 5 unspecified atom stereocenters. The molecule has 0 heterocycles.